The third-order valence-electron chi connectivity index (χ3n) is 7.54. The van der Waals surface area contributed by atoms with Crippen LogP contribution in [0.2, 0.25) is 0 Å². The molecule has 5 rings (SSSR count). The van der Waals surface area contributed by atoms with Crippen molar-refractivity contribution in [1.82, 2.24) is 14.5 Å². The molecule has 4 aromatic rings. The number of sulfone groups is 1. The molecule has 9 nitrogen and oxygen atoms in total. The summed E-state index contributed by atoms with van der Waals surface area (Å²) in [7, 11) is -3.88. The Morgan fingerprint density at radius 1 is 1.04 bits per heavy atom. The number of imidazole rings is 1. The second-order valence-electron chi connectivity index (χ2n) is 10.9. The minimum absolute atomic E-state index is 0.00421. The van der Waals surface area contributed by atoms with Crippen LogP contribution in [0.5, 0.6) is 5.75 Å². The van der Waals surface area contributed by atoms with Crippen molar-refractivity contribution in [3.05, 3.63) is 101 Å². The van der Waals surface area contributed by atoms with Crippen LogP contribution in [0.3, 0.4) is 0 Å². The van der Waals surface area contributed by atoms with Crippen LogP contribution < -0.4 is 4.74 Å². The molecule has 48 heavy (non-hydrogen) atoms. The van der Waals surface area contributed by atoms with E-state index in [2.05, 4.69) is 14.7 Å². The molecule has 0 saturated heterocycles. The molecule has 0 spiro atoms. The maximum Gasteiger partial charge on any atom is 0.573 e. The van der Waals surface area contributed by atoms with Gasteiger partial charge in [-0.1, -0.05) is 18.2 Å². The molecule has 0 saturated carbocycles. The number of aliphatic hydroxyl groups excluding tert-OH is 2. The van der Waals surface area contributed by atoms with Gasteiger partial charge in [-0.3, -0.25) is 0 Å². The summed E-state index contributed by atoms with van der Waals surface area (Å²) < 4.78 is 130. The van der Waals surface area contributed by atoms with E-state index in [9.17, 15) is 49.4 Å². The number of halogens is 7. The number of oxazole rings is 1. The van der Waals surface area contributed by atoms with Crippen molar-refractivity contribution in [1.29, 1.82) is 0 Å². The van der Waals surface area contributed by atoms with Crippen LogP contribution in [0.15, 0.2) is 76.2 Å². The number of allylic oxidation sites excluding steroid dienone is 2. The van der Waals surface area contributed by atoms with Crippen LogP contribution in [0.25, 0.3) is 16.9 Å². The maximum absolute atomic E-state index is 14.7. The lowest BCUT2D eigenvalue weighted by atomic mass is 9.77. The summed E-state index contributed by atoms with van der Waals surface area (Å²) in [5, 5.41) is 20.6. The predicted octanol–water partition coefficient (Wildman–Crippen LogP) is 5.97. The summed E-state index contributed by atoms with van der Waals surface area (Å²) in [6, 6.07) is 7.51. The van der Waals surface area contributed by atoms with Crippen LogP contribution in [0, 0.1) is 12.7 Å². The number of hydrogen-bond donors (Lipinski definition) is 2. The van der Waals surface area contributed by atoms with Crippen molar-refractivity contribution in [3.63, 3.8) is 0 Å². The van der Waals surface area contributed by atoms with Crippen molar-refractivity contribution >= 4 is 15.4 Å². The highest BCUT2D eigenvalue weighted by molar-refractivity contribution is 7.90. The normalized spacial score (nSPS) is 18.6. The fourth-order valence-corrected chi connectivity index (χ4v) is 6.08. The van der Waals surface area contributed by atoms with Gasteiger partial charge >= 0.3 is 12.5 Å². The minimum Gasteiger partial charge on any atom is -0.440 e. The van der Waals surface area contributed by atoms with Gasteiger partial charge in [0.15, 0.2) is 27.2 Å². The largest absolute Gasteiger partial charge is 0.573 e. The molecule has 2 N–H and O–H groups in total. The molecule has 0 bridgehead atoms. The lowest BCUT2D eigenvalue weighted by molar-refractivity contribution is -0.274. The molecular formula is C31H26F7N3O6S. The Labute approximate surface area is 268 Å². The van der Waals surface area contributed by atoms with Gasteiger partial charge in [0.2, 0.25) is 0 Å². The van der Waals surface area contributed by atoms with E-state index in [1.807, 2.05) is 0 Å². The van der Waals surface area contributed by atoms with Gasteiger partial charge in [0.1, 0.15) is 28.6 Å². The zero-order valence-electron chi connectivity index (χ0n) is 25.0. The maximum atomic E-state index is 14.7. The first-order valence-electron chi connectivity index (χ1n) is 14.0. The second kappa shape index (κ2) is 12.5. The number of aliphatic hydroxyl groups is 2. The molecule has 17 heteroatoms. The highest BCUT2D eigenvalue weighted by Crippen LogP contribution is 2.46. The lowest BCUT2D eigenvalue weighted by Gasteiger charge is -2.37. The summed E-state index contributed by atoms with van der Waals surface area (Å²) in [5.41, 5.74) is -2.97. The zero-order valence-corrected chi connectivity index (χ0v) is 25.8. The average Bonchev–Trinajstić information content (AvgIpc) is 3.60. The number of nitrogens with zero attached hydrogens (tertiary/aromatic N) is 3. The molecule has 0 aliphatic heterocycles. The number of aromatic nitrogens is 3. The van der Waals surface area contributed by atoms with E-state index in [0.717, 1.165) is 35.1 Å². The van der Waals surface area contributed by atoms with E-state index < -0.39 is 64.3 Å². The minimum atomic E-state index is -4.98. The fourth-order valence-electron chi connectivity index (χ4n) is 5.40. The number of rotatable bonds is 9. The molecule has 1 aliphatic rings. The summed E-state index contributed by atoms with van der Waals surface area (Å²) in [5.74, 6) is -2.72. The molecule has 0 radical (unpaired) electrons. The number of ether oxygens (including phenoxy) is 1. The summed E-state index contributed by atoms with van der Waals surface area (Å²) in [6.45, 7) is -0.0542. The van der Waals surface area contributed by atoms with Crippen LogP contribution in [0.1, 0.15) is 34.6 Å². The van der Waals surface area contributed by atoms with E-state index in [-0.39, 0.29) is 51.2 Å². The third-order valence-corrected chi connectivity index (χ3v) is 8.64. The highest BCUT2D eigenvalue weighted by Gasteiger charge is 2.44. The monoisotopic (exact) mass is 701 g/mol. The Hall–Kier alpha value is -4.48. The Balaban J connectivity index is 1.77. The van der Waals surface area contributed by atoms with E-state index in [0.29, 0.717) is 6.20 Å². The highest BCUT2D eigenvalue weighted by atomic mass is 32.2. The molecule has 256 valence electrons. The lowest BCUT2D eigenvalue weighted by Crippen LogP contribution is -2.39. The molecule has 0 fully saturated rings. The van der Waals surface area contributed by atoms with Gasteiger partial charge in [-0.05, 0) is 55.0 Å². The van der Waals surface area contributed by atoms with Gasteiger partial charge in [0, 0.05) is 35.9 Å². The van der Waals surface area contributed by atoms with Crippen molar-refractivity contribution in [2.45, 2.75) is 42.2 Å². The summed E-state index contributed by atoms with van der Waals surface area (Å²) in [6.07, 6.45) is -4.22. The van der Waals surface area contributed by atoms with Crippen molar-refractivity contribution in [3.8, 4) is 17.1 Å². The number of alkyl halides is 6. The van der Waals surface area contributed by atoms with Crippen molar-refractivity contribution < 1.29 is 58.5 Å². The first-order valence-corrected chi connectivity index (χ1v) is 15.9. The zero-order chi connectivity index (χ0) is 35.2. The van der Waals surface area contributed by atoms with Gasteiger partial charge in [-0.2, -0.15) is 13.2 Å². The smallest absolute Gasteiger partial charge is 0.440 e. The van der Waals surface area contributed by atoms with Crippen LogP contribution in [0.4, 0.5) is 30.7 Å². The average molecular weight is 702 g/mol. The number of aryl methyl sites for hydroxylation is 1. The Morgan fingerprint density at radius 2 is 1.73 bits per heavy atom. The summed E-state index contributed by atoms with van der Waals surface area (Å²) in [4.78, 5) is 7.75. The Bertz CT molecular complexity index is 2000. The molecule has 0 amide bonds. The van der Waals surface area contributed by atoms with Crippen LogP contribution >= 0.6 is 0 Å². The van der Waals surface area contributed by atoms with Gasteiger partial charge < -0.3 is 23.9 Å². The van der Waals surface area contributed by atoms with Crippen molar-refractivity contribution in [2.75, 3.05) is 19.5 Å². The van der Waals surface area contributed by atoms with Gasteiger partial charge in [-0.25, -0.2) is 22.8 Å². The molecular weight excluding hydrogens is 675 g/mol. The SMILES string of the molecule is Cc1nc(C(F)(F)F)cn1C1(CO)C=CC(c2cc(F)cc(S(C)(=O)=O)c2)C=C1c1nc(CCO)oc1-c1ccc(OC(F)(F)F)cc1. The standard InChI is InChI=1S/C31H26F7N3O6S/c1-17-39-25(30(33,34)35)15-41(17)29(16-43)9-7-19(20-11-21(32)14-23(12-20)48(2,44)45)13-24(29)27-28(46-26(40-27)8-10-42)18-3-5-22(6-4-18)47-31(36,37)38/h3-7,9,11-15,19,42-43H,8,10,16H2,1-2H3. The first-order chi connectivity index (χ1) is 22.3. The molecule has 2 unspecified atom stereocenters. The molecule has 1 aliphatic carbocycles. The van der Waals surface area contributed by atoms with Gasteiger partial charge in [0.25, 0.3) is 0 Å². The number of hydrogen-bond acceptors (Lipinski definition) is 8. The predicted molar refractivity (Wildman–Crippen MR) is 156 cm³/mol. The van der Waals surface area contributed by atoms with E-state index in [1.54, 1.807) is 0 Å². The molecule has 2 atom stereocenters. The van der Waals surface area contributed by atoms with E-state index in [1.165, 1.54) is 43.4 Å². The fraction of sp³-hybridized carbons (Fsp3) is 0.290. The second-order valence-corrected chi connectivity index (χ2v) is 12.9. The van der Waals surface area contributed by atoms with Crippen LogP contribution in [-0.2, 0) is 28.0 Å². The van der Waals surface area contributed by atoms with Crippen LogP contribution in [-0.4, -0.2) is 59.0 Å². The molecule has 2 aromatic heterocycles. The van der Waals surface area contributed by atoms with Gasteiger partial charge in [-0.15, -0.1) is 13.2 Å². The van der Waals surface area contributed by atoms with E-state index >= 15 is 0 Å². The first kappa shape index (κ1) is 34.8. The third kappa shape index (κ3) is 7.02. The molecule has 2 aromatic carbocycles. The quantitative estimate of drug-likeness (QED) is 0.162. The number of benzene rings is 2. The van der Waals surface area contributed by atoms with Gasteiger partial charge in [0.05, 0.1) is 18.1 Å². The Morgan fingerprint density at radius 3 is 2.29 bits per heavy atom. The summed E-state index contributed by atoms with van der Waals surface area (Å²) >= 11 is 0. The van der Waals surface area contributed by atoms with Crippen molar-refractivity contribution in [2.24, 2.45) is 0 Å². The van der Waals surface area contributed by atoms with E-state index in [4.69, 9.17) is 4.42 Å². The topological polar surface area (TPSA) is 128 Å². The molecule has 2 heterocycles. The Kier molecular flexibility index (Phi) is 9.09.